The van der Waals surface area contributed by atoms with E-state index < -0.39 is 0 Å². The second-order valence-corrected chi connectivity index (χ2v) is 4.48. The van der Waals surface area contributed by atoms with Gasteiger partial charge in [-0.15, -0.1) is 0 Å². The molecule has 0 saturated carbocycles. The van der Waals surface area contributed by atoms with Crippen LogP contribution in [0.25, 0.3) is 0 Å². The van der Waals surface area contributed by atoms with Crippen molar-refractivity contribution in [3.63, 3.8) is 0 Å². The summed E-state index contributed by atoms with van der Waals surface area (Å²) in [4.78, 5) is 2.23. The summed E-state index contributed by atoms with van der Waals surface area (Å²) in [6, 6.07) is 6.95. The molecule has 0 aliphatic rings. The van der Waals surface area contributed by atoms with Crippen molar-refractivity contribution < 1.29 is 4.39 Å². The summed E-state index contributed by atoms with van der Waals surface area (Å²) < 4.78 is 12.7. The summed E-state index contributed by atoms with van der Waals surface area (Å²) >= 11 is 0. The molecule has 2 nitrogen and oxygen atoms in total. The number of halogens is 1. The fraction of sp³-hybridized carbons (Fsp3) is 0.538. The SMILES string of the molecule is CC(N)CCCN(C)Cc1ccc(F)cc1. The van der Waals surface area contributed by atoms with E-state index in [4.69, 9.17) is 5.73 Å². The molecule has 16 heavy (non-hydrogen) atoms. The van der Waals surface area contributed by atoms with Crippen molar-refractivity contribution in [1.82, 2.24) is 4.90 Å². The van der Waals surface area contributed by atoms with Crippen LogP contribution in [0, 0.1) is 5.82 Å². The Morgan fingerprint density at radius 1 is 1.31 bits per heavy atom. The molecular formula is C13H21FN2. The molecule has 0 aromatic heterocycles. The highest BCUT2D eigenvalue weighted by Gasteiger charge is 2.01. The molecule has 0 aliphatic carbocycles. The molecule has 0 bridgehead atoms. The molecule has 90 valence electrons. The van der Waals surface area contributed by atoms with Crippen LogP contribution in [0.5, 0.6) is 0 Å². The highest BCUT2D eigenvalue weighted by molar-refractivity contribution is 5.15. The van der Waals surface area contributed by atoms with Crippen LogP contribution in [-0.2, 0) is 6.54 Å². The third-order valence-corrected chi connectivity index (χ3v) is 2.57. The fourth-order valence-corrected chi connectivity index (χ4v) is 1.66. The minimum atomic E-state index is -0.177. The smallest absolute Gasteiger partial charge is 0.123 e. The number of nitrogens with two attached hydrogens (primary N) is 1. The standard InChI is InChI=1S/C13H21FN2/c1-11(15)4-3-9-16(2)10-12-5-7-13(14)8-6-12/h5-8,11H,3-4,9-10,15H2,1-2H3. The van der Waals surface area contributed by atoms with Gasteiger partial charge in [0.05, 0.1) is 0 Å². The van der Waals surface area contributed by atoms with Gasteiger partial charge in [0.25, 0.3) is 0 Å². The Morgan fingerprint density at radius 2 is 1.94 bits per heavy atom. The molecule has 0 fully saturated rings. The molecule has 1 unspecified atom stereocenters. The van der Waals surface area contributed by atoms with Gasteiger partial charge in [0.2, 0.25) is 0 Å². The van der Waals surface area contributed by atoms with Crippen LogP contribution in [-0.4, -0.2) is 24.5 Å². The minimum Gasteiger partial charge on any atom is -0.328 e. The molecule has 0 saturated heterocycles. The van der Waals surface area contributed by atoms with Gasteiger partial charge in [0, 0.05) is 12.6 Å². The second kappa shape index (κ2) is 6.61. The molecule has 0 aliphatic heterocycles. The maximum atomic E-state index is 12.7. The third kappa shape index (κ3) is 5.24. The Bertz CT molecular complexity index is 295. The molecular weight excluding hydrogens is 203 g/mol. The van der Waals surface area contributed by atoms with Crippen LogP contribution in [0.4, 0.5) is 4.39 Å². The van der Waals surface area contributed by atoms with E-state index in [0.29, 0.717) is 0 Å². The first-order chi connectivity index (χ1) is 7.58. The van der Waals surface area contributed by atoms with Crippen LogP contribution in [0.2, 0.25) is 0 Å². The topological polar surface area (TPSA) is 29.3 Å². The Balaban J connectivity index is 2.28. The summed E-state index contributed by atoms with van der Waals surface area (Å²) in [6.45, 7) is 3.91. The number of nitrogens with zero attached hydrogens (tertiary/aromatic N) is 1. The third-order valence-electron chi connectivity index (χ3n) is 2.57. The monoisotopic (exact) mass is 224 g/mol. The predicted molar refractivity (Wildman–Crippen MR) is 65.6 cm³/mol. The number of hydrogen-bond acceptors (Lipinski definition) is 2. The second-order valence-electron chi connectivity index (χ2n) is 4.48. The maximum Gasteiger partial charge on any atom is 0.123 e. The number of rotatable bonds is 6. The van der Waals surface area contributed by atoms with Crippen molar-refractivity contribution >= 4 is 0 Å². The van der Waals surface area contributed by atoms with Gasteiger partial charge >= 0.3 is 0 Å². The van der Waals surface area contributed by atoms with E-state index >= 15 is 0 Å². The zero-order chi connectivity index (χ0) is 12.0. The van der Waals surface area contributed by atoms with Crippen LogP contribution in [0.3, 0.4) is 0 Å². The van der Waals surface area contributed by atoms with Gasteiger partial charge in [0.1, 0.15) is 5.82 Å². The molecule has 0 amide bonds. The van der Waals surface area contributed by atoms with Gasteiger partial charge < -0.3 is 10.6 Å². The van der Waals surface area contributed by atoms with E-state index in [1.54, 1.807) is 0 Å². The quantitative estimate of drug-likeness (QED) is 0.804. The molecule has 1 rings (SSSR count). The Hall–Kier alpha value is -0.930. The van der Waals surface area contributed by atoms with E-state index in [-0.39, 0.29) is 11.9 Å². The van der Waals surface area contributed by atoms with Crippen molar-refractivity contribution in [3.8, 4) is 0 Å². The summed E-state index contributed by atoms with van der Waals surface area (Å²) in [5.74, 6) is -0.177. The Kier molecular flexibility index (Phi) is 5.43. The lowest BCUT2D eigenvalue weighted by Crippen LogP contribution is -2.22. The van der Waals surface area contributed by atoms with Crippen molar-refractivity contribution in [2.24, 2.45) is 5.73 Å². The molecule has 1 atom stereocenters. The van der Waals surface area contributed by atoms with Crippen molar-refractivity contribution in [1.29, 1.82) is 0 Å². The summed E-state index contributed by atoms with van der Waals surface area (Å²) in [5, 5.41) is 0. The summed E-state index contributed by atoms with van der Waals surface area (Å²) in [5.41, 5.74) is 6.83. The van der Waals surface area contributed by atoms with Gasteiger partial charge in [0.15, 0.2) is 0 Å². The molecule has 2 N–H and O–H groups in total. The number of hydrogen-bond donors (Lipinski definition) is 1. The van der Waals surface area contributed by atoms with Gasteiger partial charge in [-0.05, 0) is 51.1 Å². The molecule has 1 aromatic rings. The van der Waals surface area contributed by atoms with Crippen LogP contribution >= 0.6 is 0 Å². The first-order valence-electron chi connectivity index (χ1n) is 5.76. The first kappa shape index (κ1) is 13.1. The lowest BCUT2D eigenvalue weighted by Gasteiger charge is -2.17. The lowest BCUT2D eigenvalue weighted by atomic mass is 10.1. The van der Waals surface area contributed by atoms with Crippen molar-refractivity contribution in [2.45, 2.75) is 32.4 Å². The van der Waals surface area contributed by atoms with Crippen LogP contribution < -0.4 is 5.73 Å². The minimum absolute atomic E-state index is 0.177. The Morgan fingerprint density at radius 3 is 2.50 bits per heavy atom. The van der Waals surface area contributed by atoms with Crippen molar-refractivity contribution in [3.05, 3.63) is 35.6 Å². The highest BCUT2D eigenvalue weighted by atomic mass is 19.1. The first-order valence-corrected chi connectivity index (χ1v) is 5.76. The lowest BCUT2D eigenvalue weighted by molar-refractivity contribution is 0.315. The maximum absolute atomic E-state index is 12.7. The van der Waals surface area contributed by atoms with Gasteiger partial charge in [-0.3, -0.25) is 0 Å². The number of benzene rings is 1. The van der Waals surface area contributed by atoms with Crippen LogP contribution in [0.15, 0.2) is 24.3 Å². The van der Waals surface area contributed by atoms with Crippen LogP contribution in [0.1, 0.15) is 25.3 Å². The molecule has 0 radical (unpaired) electrons. The van der Waals surface area contributed by atoms with E-state index in [9.17, 15) is 4.39 Å². The van der Waals surface area contributed by atoms with E-state index in [0.717, 1.165) is 31.5 Å². The predicted octanol–water partition coefficient (Wildman–Crippen LogP) is 2.38. The van der Waals surface area contributed by atoms with Gasteiger partial charge in [-0.2, -0.15) is 0 Å². The average Bonchev–Trinajstić information content (AvgIpc) is 2.21. The molecule has 0 spiro atoms. The van der Waals surface area contributed by atoms with E-state index in [1.165, 1.54) is 12.1 Å². The Labute approximate surface area is 97.3 Å². The zero-order valence-corrected chi connectivity index (χ0v) is 10.1. The molecule has 1 aromatic carbocycles. The van der Waals surface area contributed by atoms with Gasteiger partial charge in [-0.25, -0.2) is 4.39 Å². The summed E-state index contributed by atoms with van der Waals surface area (Å²) in [7, 11) is 2.07. The average molecular weight is 224 g/mol. The zero-order valence-electron chi connectivity index (χ0n) is 10.1. The largest absolute Gasteiger partial charge is 0.328 e. The molecule has 0 heterocycles. The van der Waals surface area contributed by atoms with Crippen molar-refractivity contribution in [2.75, 3.05) is 13.6 Å². The normalized spacial score (nSPS) is 13.1. The fourth-order valence-electron chi connectivity index (χ4n) is 1.66. The van der Waals surface area contributed by atoms with Gasteiger partial charge in [-0.1, -0.05) is 12.1 Å². The summed E-state index contributed by atoms with van der Waals surface area (Å²) in [6.07, 6.45) is 2.16. The van der Waals surface area contributed by atoms with E-state index in [1.807, 2.05) is 19.1 Å². The van der Waals surface area contributed by atoms with E-state index in [2.05, 4.69) is 11.9 Å². The molecule has 3 heteroatoms. The highest BCUT2D eigenvalue weighted by Crippen LogP contribution is 2.06.